The molecule has 1 fully saturated rings. The molecule has 1 rings (SSSR count). The van der Waals surface area contributed by atoms with Crippen molar-refractivity contribution in [1.82, 2.24) is 0 Å². The SMILES string of the molecule is CC#CC1(C)CC1. The van der Waals surface area contributed by atoms with Crippen LogP contribution in [0.3, 0.4) is 0 Å². The highest BCUT2D eigenvalue weighted by Crippen LogP contribution is 2.43. The highest BCUT2D eigenvalue weighted by atomic mass is 14.4. The van der Waals surface area contributed by atoms with Crippen LogP contribution in [0.4, 0.5) is 0 Å². The summed E-state index contributed by atoms with van der Waals surface area (Å²) >= 11 is 0. The summed E-state index contributed by atoms with van der Waals surface area (Å²) in [5.74, 6) is 6.07. The van der Waals surface area contributed by atoms with Gasteiger partial charge in [0, 0.05) is 5.41 Å². The van der Waals surface area contributed by atoms with Crippen LogP contribution in [0.5, 0.6) is 0 Å². The molecule has 0 saturated heterocycles. The van der Waals surface area contributed by atoms with E-state index < -0.39 is 0 Å². The van der Waals surface area contributed by atoms with E-state index in [1.54, 1.807) is 0 Å². The standard InChI is InChI=1S/C7H10/c1-3-4-7(2)5-6-7/h5-6H2,1-2H3. The zero-order valence-electron chi connectivity index (χ0n) is 4.91. The van der Waals surface area contributed by atoms with Crippen LogP contribution in [-0.4, -0.2) is 0 Å². The molecule has 0 spiro atoms. The fourth-order valence-electron chi connectivity index (χ4n) is 0.614. The summed E-state index contributed by atoms with van der Waals surface area (Å²) in [6.45, 7) is 4.12. The third-order valence-corrected chi connectivity index (χ3v) is 1.43. The molecule has 7 heavy (non-hydrogen) atoms. The van der Waals surface area contributed by atoms with Gasteiger partial charge in [-0.3, -0.25) is 0 Å². The maximum absolute atomic E-state index is 3.15. The fraction of sp³-hybridized carbons (Fsp3) is 0.714. The molecule has 0 bridgehead atoms. The van der Waals surface area contributed by atoms with E-state index >= 15 is 0 Å². The molecule has 0 aromatic carbocycles. The molecule has 0 N–H and O–H groups in total. The summed E-state index contributed by atoms with van der Waals surface area (Å²) < 4.78 is 0. The largest absolute Gasteiger partial charge is 0.106 e. The summed E-state index contributed by atoms with van der Waals surface area (Å²) in [4.78, 5) is 0. The Morgan fingerprint density at radius 2 is 2.00 bits per heavy atom. The Bertz CT molecular complexity index is 119. The van der Waals surface area contributed by atoms with E-state index in [0.717, 1.165) is 0 Å². The van der Waals surface area contributed by atoms with Crippen LogP contribution < -0.4 is 0 Å². The molecule has 0 heterocycles. The normalized spacial score (nSPS) is 22.6. The van der Waals surface area contributed by atoms with Gasteiger partial charge in [-0.15, -0.1) is 5.92 Å². The van der Waals surface area contributed by atoms with Gasteiger partial charge in [0.25, 0.3) is 0 Å². The van der Waals surface area contributed by atoms with Crippen LogP contribution in [0.1, 0.15) is 26.7 Å². The van der Waals surface area contributed by atoms with E-state index in [1.807, 2.05) is 6.92 Å². The smallest absolute Gasteiger partial charge is 0.0287 e. The predicted molar refractivity (Wildman–Crippen MR) is 30.8 cm³/mol. The van der Waals surface area contributed by atoms with Gasteiger partial charge in [0.05, 0.1) is 0 Å². The summed E-state index contributed by atoms with van der Waals surface area (Å²) in [7, 11) is 0. The summed E-state index contributed by atoms with van der Waals surface area (Å²) in [6, 6.07) is 0. The lowest BCUT2D eigenvalue weighted by Crippen LogP contribution is -1.82. The molecule has 0 atom stereocenters. The maximum atomic E-state index is 3.15. The maximum Gasteiger partial charge on any atom is 0.0287 e. The van der Waals surface area contributed by atoms with Crippen molar-refractivity contribution in [3.63, 3.8) is 0 Å². The lowest BCUT2D eigenvalue weighted by atomic mass is 10.2. The first kappa shape index (κ1) is 4.71. The molecule has 0 aromatic rings. The number of rotatable bonds is 0. The Morgan fingerprint density at radius 1 is 1.43 bits per heavy atom. The minimum atomic E-state index is 0.439. The van der Waals surface area contributed by atoms with E-state index in [4.69, 9.17) is 0 Å². The minimum Gasteiger partial charge on any atom is -0.106 e. The summed E-state index contributed by atoms with van der Waals surface area (Å²) in [5.41, 5.74) is 0.439. The van der Waals surface area contributed by atoms with Crippen molar-refractivity contribution in [2.45, 2.75) is 26.7 Å². The van der Waals surface area contributed by atoms with Gasteiger partial charge in [-0.2, -0.15) is 0 Å². The Kier molecular flexibility index (Phi) is 0.852. The molecule has 0 amide bonds. The minimum absolute atomic E-state index is 0.439. The molecule has 0 aromatic heterocycles. The second kappa shape index (κ2) is 1.26. The zero-order valence-corrected chi connectivity index (χ0v) is 4.91. The highest BCUT2D eigenvalue weighted by molar-refractivity contribution is 5.15. The first-order valence-electron chi connectivity index (χ1n) is 2.71. The zero-order chi connectivity index (χ0) is 5.33. The van der Waals surface area contributed by atoms with Crippen LogP contribution in [0.15, 0.2) is 0 Å². The lowest BCUT2D eigenvalue weighted by molar-refractivity contribution is 0.782. The Labute approximate surface area is 44.9 Å². The molecule has 0 nitrogen and oxygen atoms in total. The molecule has 0 aliphatic heterocycles. The van der Waals surface area contributed by atoms with E-state index in [0.29, 0.717) is 5.41 Å². The molecular weight excluding hydrogens is 84.1 g/mol. The van der Waals surface area contributed by atoms with Gasteiger partial charge in [-0.1, -0.05) is 5.92 Å². The van der Waals surface area contributed by atoms with E-state index in [2.05, 4.69) is 18.8 Å². The molecule has 1 aliphatic rings. The van der Waals surface area contributed by atoms with Crippen molar-refractivity contribution in [2.24, 2.45) is 5.41 Å². The van der Waals surface area contributed by atoms with Crippen molar-refractivity contribution in [2.75, 3.05) is 0 Å². The molecule has 1 aliphatic carbocycles. The van der Waals surface area contributed by atoms with Crippen LogP contribution in [0, 0.1) is 17.3 Å². The Hall–Kier alpha value is -0.440. The first-order valence-corrected chi connectivity index (χ1v) is 2.71. The van der Waals surface area contributed by atoms with Gasteiger partial charge >= 0.3 is 0 Å². The van der Waals surface area contributed by atoms with Crippen LogP contribution in [-0.2, 0) is 0 Å². The Morgan fingerprint density at radius 3 is 2.14 bits per heavy atom. The third-order valence-electron chi connectivity index (χ3n) is 1.43. The molecular formula is C7H10. The molecule has 0 unspecified atom stereocenters. The average Bonchev–Trinajstić information content (AvgIpc) is 2.22. The molecule has 1 saturated carbocycles. The summed E-state index contributed by atoms with van der Waals surface area (Å²) in [5, 5.41) is 0. The quantitative estimate of drug-likeness (QED) is 0.401. The molecule has 0 radical (unpaired) electrons. The Balaban J connectivity index is 2.50. The van der Waals surface area contributed by atoms with Crippen molar-refractivity contribution >= 4 is 0 Å². The topological polar surface area (TPSA) is 0 Å². The first-order chi connectivity index (χ1) is 3.27. The lowest BCUT2D eigenvalue weighted by Gasteiger charge is -1.88. The second-order valence-electron chi connectivity index (χ2n) is 2.44. The van der Waals surface area contributed by atoms with Crippen molar-refractivity contribution in [3.05, 3.63) is 0 Å². The van der Waals surface area contributed by atoms with Crippen LogP contribution >= 0.6 is 0 Å². The van der Waals surface area contributed by atoms with Gasteiger partial charge in [0.15, 0.2) is 0 Å². The third kappa shape index (κ3) is 0.962. The van der Waals surface area contributed by atoms with Gasteiger partial charge in [0.2, 0.25) is 0 Å². The second-order valence-corrected chi connectivity index (χ2v) is 2.44. The average molecular weight is 94.2 g/mol. The van der Waals surface area contributed by atoms with Gasteiger partial charge < -0.3 is 0 Å². The number of hydrogen-bond acceptors (Lipinski definition) is 0. The van der Waals surface area contributed by atoms with Crippen molar-refractivity contribution < 1.29 is 0 Å². The molecule has 0 heteroatoms. The fourth-order valence-corrected chi connectivity index (χ4v) is 0.614. The van der Waals surface area contributed by atoms with Crippen molar-refractivity contribution in [3.8, 4) is 11.8 Å². The van der Waals surface area contributed by atoms with Crippen LogP contribution in [0.25, 0.3) is 0 Å². The van der Waals surface area contributed by atoms with E-state index in [-0.39, 0.29) is 0 Å². The molecule has 38 valence electrons. The monoisotopic (exact) mass is 94.1 g/mol. The van der Waals surface area contributed by atoms with Gasteiger partial charge in [0.1, 0.15) is 0 Å². The predicted octanol–water partition coefficient (Wildman–Crippen LogP) is 1.81. The van der Waals surface area contributed by atoms with E-state index in [1.165, 1.54) is 12.8 Å². The summed E-state index contributed by atoms with van der Waals surface area (Å²) in [6.07, 6.45) is 2.63. The van der Waals surface area contributed by atoms with Gasteiger partial charge in [-0.05, 0) is 26.7 Å². The van der Waals surface area contributed by atoms with Crippen molar-refractivity contribution in [1.29, 1.82) is 0 Å². The van der Waals surface area contributed by atoms with Gasteiger partial charge in [-0.25, -0.2) is 0 Å². The highest BCUT2D eigenvalue weighted by Gasteiger charge is 2.34. The number of hydrogen-bond donors (Lipinski definition) is 0. The van der Waals surface area contributed by atoms with Crippen LogP contribution in [0.2, 0.25) is 0 Å². The van der Waals surface area contributed by atoms with E-state index in [9.17, 15) is 0 Å².